The molecule has 0 saturated carbocycles. The van der Waals surface area contributed by atoms with Crippen LogP contribution in [0.5, 0.6) is 0 Å². The van der Waals surface area contributed by atoms with Crippen LogP contribution in [0.1, 0.15) is 0 Å². The summed E-state index contributed by atoms with van der Waals surface area (Å²) in [6.07, 6.45) is 1.95. The minimum absolute atomic E-state index is 0.689. The molecule has 0 aliphatic rings. The van der Waals surface area contributed by atoms with E-state index in [1.165, 1.54) is 0 Å². The van der Waals surface area contributed by atoms with Gasteiger partial charge in [-0.3, -0.25) is 0 Å². The molecule has 3 heterocycles. The van der Waals surface area contributed by atoms with Gasteiger partial charge in [0.1, 0.15) is 11.3 Å². The number of benzene rings is 2. The predicted molar refractivity (Wildman–Crippen MR) is 96.5 cm³/mol. The highest BCUT2D eigenvalue weighted by atomic mass is 35.5. The standard InChI is InChI=1S/C18H10ClN3OS/c19-13-7-5-11(6-8-13)17-20-18-22(21-17)10-16(24-18)15-9-12-3-1-2-4-14(12)23-15/h1-10H. The van der Waals surface area contributed by atoms with E-state index in [0.29, 0.717) is 10.8 Å². The molecule has 3 aromatic heterocycles. The number of fused-ring (bicyclic) bond motifs is 2. The van der Waals surface area contributed by atoms with Crippen molar-refractivity contribution in [3.05, 3.63) is 65.8 Å². The fourth-order valence-corrected chi connectivity index (χ4v) is 3.63. The second-order valence-electron chi connectivity index (χ2n) is 5.41. The van der Waals surface area contributed by atoms with E-state index in [9.17, 15) is 0 Å². The molecule has 24 heavy (non-hydrogen) atoms. The number of rotatable bonds is 2. The molecule has 0 aliphatic carbocycles. The average Bonchev–Trinajstić information content (AvgIpc) is 3.27. The minimum atomic E-state index is 0.689. The second-order valence-corrected chi connectivity index (χ2v) is 6.86. The lowest BCUT2D eigenvalue weighted by Gasteiger charge is -1.94. The second kappa shape index (κ2) is 5.19. The van der Waals surface area contributed by atoms with E-state index >= 15 is 0 Å². The first-order valence-electron chi connectivity index (χ1n) is 7.37. The maximum Gasteiger partial charge on any atom is 0.213 e. The summed E-state index contributed by atoms with van der Waals surface area (Å²) in [5.74, 6) is 1.52. The summed E-state index contributed by atoms with van der Waals surface area (Å²) in [5, 5.41) is 6.34. The van der Waals surface area contributed by atoms with Crippen molar-refractivity contribution in [2.45, 2.75) is 0 Å². The van der Waals surface area contributed by atoms with Crippen LogP contribution < -0.4 is 0 Å². The molecule has 0 unspecified atom stereocenters. The van der Waals surface area contributed by atoms with Crippen molar-refractivity contribution in [3.63, 3.8) is 0 Å². The van der Waals surface area contributed by atoms with E-state index in [2.05, 4.69) is 10.1 Å². The summed E-state index contributed by atoms with van der Waals surface area (Å²) in [4.78, 5) is 6.43. The molecule has 0 saturated heterocycles. The molecule has 5 aromatic rings. The smallest absolute Gasteiger partial charge is 0.213 e. The van der Waals surface area contributed by atoms with Crippen LogP contribution in [-0.2, 0) is 0 Å². The highest BCUT2D eigenvalue weighted by molar-refractivity contribution is 7.20. The van der Waals surface area contributed by atoms with Crippen molar-refractivity contribution in [1.82, 2.24) is 14.6 Å². The van der Waals surface area contributed by atoms with Crippen LogP contribution in [-0.4, -0.2) is 14.6 Å². The summed E-state index contributed by atoms with van der Waals surface area (Å²) >= 11 is 7.48. The molecule has 6 heteroatoms. The Kier molecular flexibility index (Phi) is 2.98. The third kappa shape index (κ3) is 2.21. The van der Waals surface area contributed by atoms with Gasteiger partial charge in [-0.1, -0.05) is 41.1 Å². The Bertz CT molecular complexity index is 1110. The van der Waals surface area contributed by atoms with Gasteiger partial charge in [0.2, 0.25) is 4.96 Å². The van der Waals surface area contributed by atoms with Crippen LogP contribution in [0.15, 0.2) is 65.2 Å². The highest BCUT2D eigenvalue weighted by Crippen LogP contribution is 2.33. The van der Waals surface area contributed by atoms with Crippen molar-refractivity contribution in [3.8, 4) is 22.0 Å². The van der Waals surface area contributed by atoms with Gasteiger partial charge in [0.25, 0.3) is 0 Å². The molecule has 5 rings (SSSR count). The number of hydrogen-bond donors (Lipinski definition) is 0. The topological polar surface area (TPSA) is 43.3 Å². The van der Waals surface area contributed by atoms with E-state index < -0.39 is 0 Å². The van der Waals surface area contributed by atoms with Crippen molar-refractivity contribution in [1.29, 1.82) is 0 Å². The van der Waals surface area contributed by atoms with E-state index in [4.69, 9.17) is 16.0 Å². The third-order valence-electron chi connectivity index (χ3n) is 3.81. The Hall–Kier alpha value is -2.63. The molecule has 0 aliphatic heterocycles. The summed E-state index contributed by atoms with van der Waals surface area (Å²) in [6.45, 7) is 0. The van der Waals surface area contributed by atoms with Gasteiger partial charge in [0.05, 0.1) is 11.1 Å². The van der Waals surface area contributed by atoms with Gasteiger partial charge in [-0.15, -0.1) is 5.10 Å². The molecular formula is C18H10ClN3OS. The zero-order valence-electron chi connectivity index (χ0n) is 12.3. The number of hydrogen-bond acceptors (Lipinski definition) is 4. The Morgan fingerprint density at radius 1 is 1.04 bits per heavy atom. The van der Waals surface area contributed by atoms with E-state index in [1.807, 2.05) is 60.8 Å². The molecule has 0 amide bonds. The largest absolute Gasteiger partial charge is 0.455 e. The molecular weight excluding hydrogens is 342 g/mol. The van der Waals surface area contributed by atoms with E-state index in [0.717, 1.165) is 32.1 Å². The third-order valence-corrected chi connectivity index (χ3v) is 5.05. The van der Waals surface area contributed by atoms with Crippen LogP contribution in [0.25, 0.3) is 38.0 Å². The Morgan fingerprint density at radius 2 is 1.88 bits per heavy atom. The first-order chi connectivity index (χ1) is 11.8. The summed E-state index contributed by atoms with van der Waals surface area (Å²) in [7, 11) is 0. The fourth-order valence-electron chi connectivity index (χ4n) is 2.64. The van der Waals surface area contributed by atoms with Crippen LogP contribution >= 0.6 is 22.9 Å². The van der Waals surface area contributed by atoms with Crippen LogP contribution in [0.4, 0.5) is 0 Å². The molecule has 0 fully saturated rings. The zero-order chi connectivity index (χ0) is 16.1. The first kappa shape index (κ1) is 13.8. The highest BCUT2D eigenvalue weighted by Gasteiger charge is 2.13. The van der Waals surface area contributed by atoms with Crippen molar-refractivity contribution in [2.75, 3.05) is 0 Å². The van der Waals surface area contributed by atoms with Gasteiger partial charge in [0, 0.05) is 16.0 Å². The lowest BCUT2D eigenvalue weighted by atomic mass is 10.2. The molecule has 0 bridgehead atoms. The Labute approximate surface area is 145 Å². The van der Waals surface area contributed by atoms with Crippen LogP contribution in [0.2, 0.25) is 5.02 Å². The maximum atomic E-state index is 5.92. The van der Waals surface area contributed by atoms with Gasteiger partial charge in [-0.25, -0.2) is 4.52 Å². The number of aromatic nitrogens is 3. The number of furan rings is 1. The predicted octanol–water partition coefficient (Wildman–Crippen LogP) is 5.52. The number of halogens is 1. The van der Waals surface area contributed by atoms with Gasteiger partial charge >= 0.3 is 0 Å². The van der Waals surface area contributed by atoms with Crippen LogP contribution in [0, 0.1) is 0 Å². The van der Waals surface area contributed by atoms with Crippen molar-refractivity contribution >= 4 is 38.9 Å². The zero-order valence-corrected chi connectivity index (χ0v) is 13.9. The number of para-hydroxylation sites is 1. The lowest BCUT2D eigenvalue weighted by molar-refractivity contribution is 0.633. The summed E-state index contributed by atoms with van der Waals surface area (Å²) < 4.78 is 7.70. The van der Waals surface area contributed by atoms with E-state index in [1.54, 1.807) is 15.9 Å². The Balaban J connectivity index is 1.57. The molecule has 116 valence electrons. The molecule has 0 atom stereocenters. The fraction of sp³-hybridized carbons (Fsp3) is 0. The van der Waals surface area contributed by atoms with E-state index in [-0.39, 0.29) is 0 Å². The molecule has 0 N–H and O–H groups in total. The molecule has 4 nitrogen and oxygen atoms in total. The van der Waals surface area contributed by atoms with Gasteiger partial charge in [-0.2, -0.15) is 4.98 Å². The number of thiazole rings is 1. The van der Waals surface area contributed by atoms with Crippen molar-refractivity contribution in [2.24, 2.45) is 0 Å². The Morgan fingerprint density at radius 3 is 2.67 bits per heavy atom. The van der Waals surface area contributed by atoms with Gasteiger partial charge in [0.15, 0.2) is 5.82 Å². The van der Waals surface area contributed by atoms with Gasteiger partial charge in [-0.05, 0) is 36.4 Å². The summed E-state index contributed by atoms with van der Waals surface area (Å²) in [5.41, 5.74) is 1.83. The van der Waals surface area contributed by atoms with Crippen molar-refractivity contribution < 1.29 is 4.42 Å². The number of nitrogens with zero attached hydrogens (tertiary/aromatic N) is 3. The van der Waals surface area contributed by atoms with Crippen LogP contribution in [0.3, 0.4) is 0 Å². The molecule has 0 radical (unpaired) electrons. The SMILES string of the molecule is Clc1ccc(-c2nc3sc(-c4cc5ccccc5o4)cn3n2)cc1. The summed E-state index contributed by atoms with van der Waals surface area (Å²) in [6, 6.07) is 17.5. The first-order valence-corrected chi connectivity index (χ1v) is 8.57. The van der Waals surface area contributed by atoms with Gasteiger partial charge < -0.3 is 4.42 Å². The molecule has 2 aromatic carbocycles. The average molecular weight is 352 g/mol. The minimum Gasteiger partial charge on any atom is -0.455 e. The monoisotopic (exact) mass is 351 g/mol. The lowest BCUT2D eigenvalue weighted by Crippen LogP contribution is -1.83. The molecule has 0 spiro atoms. The normalized spacial score (nSPS) is 11.5. The quantitative estimate of drug-likeness (QED) is 0.420. The maximum absolute atomic E-state index is 5.92.